The third-order valence-corrected chi connectivity index (χ3v) is 5.34. The van der Waals surface area contributed by atoms with Gasteiger partial charge in [-0.1, -0.05) is 12.1 Å². The van der Waals surface area contributed by atoms with Crippen LogP contribution in [-0.2, 0) is 4.74 Å². The molecule has 0 aliphatic carbocycles. The van der Waals surface area contributed by atoms with Gasteiger partial charge < -0.3 is 15.0 Å². The molecular formula is C24H28N4O3. The Labute approximate surface area is 182 Å². The molecule has 0 bridgehead atoms. The molecule has 162 valence electrons. The number of fused-ring (bicyclic) bond motifs is 1. The number of hydrogen-bond acceptors (Lipinski definition) is 4. The van der Waals surface area contributed by atoms with Gasteiger partial charge in [0.25, 0.3) is 5.91 Å². The Morgan fingerprint density at radius 2 is 1.71 bits per heavy atom. The molecule has 2 aromatic carbocycles. The van der Waals surface area contributed by atoms with Crippen LogP contribution in [0.25, 0.3) is 16.7 Å². The third-order valence-electron chi connectivity index (χ3n) is 5.34. The molecule has 1 aromatic heterocycles. The molecule has 7 nitrogen and oxygen atoms in total. The molecule has 2 amide bonds. The summed E-state index contributed by atoms with van der Waals surface area (Å²) in [5.41, 5.74) is 3.02. The lowest BCUT2D eigenvalue weighted by Crippen LogP contribution is -2.47. The van der Waals surface area contributed by atoms with Crippen LogP contribution in [0.1, 0.15) is 44.0 Å². The fourth-order valence-electron chi connectivity index (χ4n) is 3.74. The topological polar surface area (TPSA) is 76.5 Å². The lowest BCUT2D eigenvalue weighted by molar-refractivity contribution is 0.0199. The Kier molecular flexibility index (Phi) is 5.67. The van der Waals surface area contributed by atoms with Crippen LogP contribution in [0.2, 0.25) is 0 Å². The molecule has 0 radical (unpaired) electrons. The Bertz CT molecular complexity index is 1070. The molecule has 2 heterocycles. The summed E-state index contributed by atoms with van der Waals surface area (Å²) in [5.74, 6) is -0.0993. The van der Waals surface area contributed by atoms with Gasteiger partial charge in [-0.2, -0.15) is 0 Å². The van der Waals surface area contributed by atoms with E-state index in [9.17, 15) is 9.59 Å². The van der Waals surface area contributed by atoms with Gasteiger partial charge >= 0.3 is 6.09 Å². The van der Waals surface area contributed by atoms with E-state index in [1.54, 1.807) is 11.2 Å². The molecule has 31 heavy (non-hydrogen) atoms. The number of para-hydroxylation sites is 2. The predicted octanol–water partition coefficient (Wildman–Crippen LogP) is 4.15. The van der Waals surface area contributed by atoms with E-state index >= 15 is 0 Å². The van der Waals surface area contributed by atoms with Crippen molar-refractivity contribution in [3.63, 3.8) is 0 Å². The van der Waals surface area contributed by atoms with Crippen molar-refractivity contribution in [2.45, 2.75) is 45.3 Å². The molecular weight excluding hydrogens is 392 g/mol. The summed E-state index contributed by atoms with van der Waals surface area (Å²) in [6.45, 7) is 6.73. The Morgan fingerprint density at radius 3 is 2.39 bits per heavy atom. The highest BCUT2D eigenvalue weighted by molar-refractivity contribution is 5.94. The first-order chi connectivity index (χ1) is 14.8. The molecule has 1 fully saturated rings. The Morgan fingerprint density at radius 1 is 1.03 bits per heavy atom. The average molecular weight is 421 g/mol. The number of carbonyl (C=O) groups excluding carboxylic acids is 2. The summed E-state index contributed by atoms with van der Waals surface area (Å²) in [4.78, 5) is 31.0. The maximum atomic E-state index is 12.7. The van der Waals surface area contributed by atoms with Crippen LogP contribution in [-0.4, -0.2) is 51.2 Å². The summed E-state index contributed by atoms with van der Waals surface area (Å²) in [7, 11) is 0. The first kappa shape index (κ1) is 20.9. The minimum atomic E-state index is -0.503. The highest BCUT2D eigenvalue weighted by Gasteiger charge is 2.27. The minimum absolute atomic E-state index is 0.0449. The number of piperidine rings is 1. The van der Waals surface area contributed by atoms with E-state index in [0.717, 1.165) is 16.7 Å². The summed E-state index contributed by atoms with van der Waals surface area (Å²) in [6.07, 6.45) is 2.92. The lowest BCUT2D eigenvalue weighted by atomic mass is 10.0. The molecule has 1 aliphatic heterocycles. The van der Waals surface area contributed by atoms with Gasteiger partial charge in [0.2, 0.25) is 0 Å². The van der Waals surface area contributed by atoms with E-state index in [0.29, 0.717) is 31.5 Å². The Balaban J connectivity index is 1.34. The third kappa shape index (κ3) is 4.87. The maximum Gasteiger partial charge on any atom is 0.410 e. The lowest BCUT2D eigenvalue weighted by Gasteiger charge is -2.33. The van der Waals surface area contributed by atoms with Crippen LogP contribution < -0.4 is 5.32 Å². The van der Waals surface area contributed by atoms with Gasteiger partial charge in [0, 0.05) is 30.4 Å². The largest absolute Gasteiger partial charge is 0.444 e. The quantitative estimate of drug-likeness (QED) is 0.690. The van der Waals surface area contributed by atoms with Gasteiger partial charge in [0.1, 0.15) is 11.9 Å². The fourth-order valence-corrected chi connectivity index (χ4v) is 3.74. The minimum Gasteiger partial charge on any atom is -0.444 e. The predicted molar refractivity (Wildman–Crippen MR) is 119 cm³/mol. The molecule has 0 saturated carbocycles. The van der Waals surface area contributed by atoms with E-state index in [1.165, 1.54) is 0 Å². The number of benzene rings is 2. The maximum absolute atomic E-state index is 12.7. The van der Waals surface area contributed by atoms with Crippen molar-refractivity contribution in [3.8, 4) is 5.69 Å². The smallest absolute Gasteiger partial charge is 0.410 e. The van der Waals surface area contributed by atoms with E-state index in [-0.39, 0.29) is 18.0 Å². The monoisotopic (exact) mass is 420 g/mol. The SMILES string of the molecule is CC(C)(C)OC(=O)N1CCC(NC(=O)c2ccc(-n3cnc4ccccc43)cc2)CC1. The van der Waals surface area contributed by atoms with Gasteiger partial charge in [0.05, 0.1) is 11.0 Å². The summed E-state index contributed by atoms with van der Waals surface area (Å²) < 4.78 is 7.43. The van der Waals surface area contributed by atoms with Gasteiger partial charge in [-0.05, 0) is 70.0 Å². The molecule has 0 atom stereocenters. The summed E-state index contributed by atoms with van der Waals surface area (Å²) in [5, 5.41) is 3.09. The molecule has 1 aliphatic rings. The highest BCUT2D eigenvalue weighted by atomic mass is 16.6. The normalized spacial score (nSPS) is 15.1. The van der Waals surface area contributed by atoms with Crippen LogP contribution in [0.15, 0.2) is 54.9 Å². The van der Waals surface area contributed by atoms with Crippen molar-refractivity contribution in [1.82, 2.24) is 19.8 Å². The molecule has 1 saturated heterocycles. The van der Waals surface area contributed by atoms with Crippen LogP contribution in [0.3, 0.4) is 0 Å². The van der Waals surface area contributed by atoms with Crippen molar-refractivity contribution >= 4 is 23.0 Å². The van der Waals surface area contributed by atoms with Crippen LogP contribution in [0.5, 0.6) is 0 Å². The first-order valence-electron chi connectivity index (χ1n) is 10.6. The van der Waals surface area contributed by atoms with Crippen molar-refractivity contribution in [1.29, 1.82) is 0 Å². The number of imidazole rings is 1. The van der Waals surface area contributed by atoms with Gasteiger partial charge in [-0.15, -0.1) is 0 Å². The number of rotatable bonds is 3. The molecule has 0 unspecified atom stereocenters. The van der Waals surface area contributed by atoms with Crippen molar-refractivity contribution < 1.29 is 14.3 Å². The number of hydrogen-bond donors (Lipinski definition) is 1. The zero-order valence-electron chi connectivity index (χ0n) is 18.2. The van der Waals surface area contributed by atoms with E-state index in [2.05, 4.69) is 10.3 Å². The van der Waals surface area contributed by atoms with Crippen LogP contribution >= 0.6 is 0 Å². The number of ether oxygens (including phenoxy) is 1. The molecule has 7 heteroatoms. The molecule has 0 spiro atoms. The standard InChI is InChI=1S/C24H28N4O3/c1-24(2,3)31-23(30)27-14-12-18(13-15-27)26-22(29)17-8-10-19(11-9-17)28-16-25-20-6-4-5-7-21(20)28/h4-11,16,18H,12-15H2,1-3H3,(H,26,29). The number of amides is 2. The van der Waals surface area contributed by atoms with Crippen LogP contribution in [0.4, 0.5) is 4.79 Å². The van der Waals surface area contributed by atoms with E-state index < -0.39 is 5.60 Å². The number of nitrogens with one attached hydrogen (secondary N) is 1. The summed E-state index contributed by atoms with van der Waals surface area (Å²) >= 11 is 0. The second-order valence-corrected chi connectivity index (χ2v) is 8.87. The van der Waals surface area contributed by atoms with Crippen molar-refractivity contribution in [3.05, 3.63) is 60.4 Å². The fraction of sp³-hybridized carbons (Fsp3) is 0.375. The van der Waals surface area contributed by atoms with Gasteiger partial charge in [0.15, 0.2) is 0 Å². The number of nitrogens with zero attached hydrogens (tertiary/aromatic N) is 3. The van der Waals surface area contributed by atoms with Gasteiger partial charge in [-0.25, -0.2) is 9.78 Å². The number of likely N-dealkylation sites (tertiary alicyclic amines) is 1. The van der Waals surface area contributed by atoms with E-state index in [1.807, 2.05) is 73.9 Å². The number of aromatic nitrogens is 2. The number of carbonyl (C=O) groups is 2. The highest BCUT2D eigenvalue weighted by Crippen LogP contribution is 2.19. The van der Waals surface area contributed by atoms with Gasteiger partial charge in [-0.3, -0.25) is 9.36 Å². The Hall–Kier alpha value is -3.35. The second kappa shape index (κ2) is 8.41. The molecule has 4 rings (SSSR count). The zero-order valence-corrected chi connectivity index (χ0v) is 18.2. The second-order valence-electron chi connectivity index (χ2n) is 8.87. The van der Waals surface area contributed by atoms with Crippen molar-refractivity contribution in [2.24, 2.45) is 0 Å². The van der Waals surface area contributed by atoms with E-state index in [4.69, 9.17) is 4.74 Å². The molecule has 1 N–H and O–H groups in total. The first-order valence-corrected chi connectivity index (χ1v) is 10.6. The zero-order chi connectivity index (χ0) is 22.0. The molecule has 3 aromatic rings. The van der Waals surface area contributed by atoms with Crippen molar-refractivity contribution in [2.75, 3.05) is 13.1 Å². The van der Waals surface area contributed by atoms with Crippen LogP contribution in [0, 0.1) is 0 Å². The summed E-state index contributed by atoms with van der Waals surface area (Å²) in [6, 6.07) is 15.5. The average Bonchev–Trinajstić information content (AvgIpc) is 3.17.